The highest BCUT2D eigenvalue weighted by molar-refractivity contribution is 6.61. The zero-order valence-electron chi connectivity index (χ0n) is 7.48. The Morgan fingerprint density at radius 2 is 2.00 bits per heavy atom. The molecule has 0 spiro atoms. The number of Topliss-reactive ketones (excluding diaryl/α,β-unsaturated/α-hetero) is 1. The van der Waals surface area contributed by atoms with E-state index in [9.17, 15) is 4.79 Å². The minimum absolute atomic E-state index is 0.375. The van der Waals surface area contributed by atoms with Crippen LogP contribution >= 0.6 is 0 Å². The van der Waals surface area contributed by atoms with Gasteiger partial charge in [0.25, 0.3) is 0 Å². The van der Waals surface area contributed by atoms with Crippen LogP contribution in [0.1, 0.15) is 20.8 Å². The fourth-order valence-electron chi connectivity index (χ4n) is 1.38. The predicted octanol–water partition coefficient (Wildman–Crippen LogP) is 2.09. The quantitative estimate of drug-likeness (QED) is 0.573. The second-order valence-electron chi connectivity index (χ2n) is 3.64. The van der Waals surface area contributed by atoms with Crippen molar-refractivity contribution in [3.05, 3.63) is 0 Å². The predicted molar refractivity (Wildman–Crippen MR) is 48.1 cm³/mol. The monoisotopic (exact) mass is 158 g/mol. The number of hydrogen-bond donors (Lipinski definition) is 0. The molecular formula is C8H18OSi. The molecule has 0 aromatic rings. The van der Waals surface area contributed by atoms with Gasteiger partial charge in [0.2, 0.25) is 0 Å². The van der Waals surface area contributed by atoms with E-state index in [2.05, 4.69) is 20.4 Å². The van der Waals surface area contributed by atoms with E-state index in [0.717, 1.165) is 12.0 Å². The van der Waals surface area contributed by atoms with Crippen LogP contribution in [0.5, 0.6) is 0 Å². The molecule has 0 aromatic heterocycles. The first-order chi connectivity index (χ1) is 4.52. The van der Waals surface area contributed by atoms with Crippen molar-refractivity contribution in [2.24, 2.45) is 5.92 Å². The second kappa shape index (κ2) is 4.66. The Morgan fingerprint density at radius 3 is 2.30 bits per heavy atom. The molecule has 0 N–H and O–H groups in total. The lowest BCUT2D eigenvalue weighted by molar-refractivity contribution is -0.115. The summed E-state index contributed by atoms with van der Waals surface area (Å²) in [6.07, 6.45) is 0. The van der Waals surface area contributed by atoms with E-state index >= 15 is 0 Å². The molecule has 60 valence electrons. The third kappa shape index (κ3) is 6.01. The molecule has 0 fully saturated rings. The summed E-state index contributed by atoms with van der Waals surface area (Å²) in [5.74, 6) is 1.15. The molecular weight excluding hydrogens is 140 g/mol. The zero-order chi connectivity index (χ0) is 8.15. The van der Waals surface area contributed by atoms with Crippen LogP contribution in [0.3, 0.4) is 0 Å². The van der Waals surface area contributed by atoms with Gasteiger partial charge in [0.1, 0.15) is 5.78 Å². The molecule has 0 amide bonds. The molecule has 1 nitrogen and oxygen atoms in total. The van der Waals surface area contributed by atoms with Gasteiger partial charge in [-0.2, -0.15) is 0 Å². The molecule has 1 unspecified atom stereocenters. The van der Waals surface area contributed by atoms with Crippen LogP contribution in [0.15, 0.2) is 0 Å². The van der Waals surface area contributed by atoms with E-state index in [1.54, 1.807) is 6.92 Å². The van der Waals surface area contributed by atoms with Crippen molar-refractivity contribution in [3.63, 3.8) is 0 Å². The van der Waals surface area contributed by atoms with Gasteiger partial charge in [-0.15, -0.1) is 0 Å². The van der Waals surface area contributed by atoms with Crippen LogP contribution < -0.4 is 0 Å². The molecule has 2 heteroatoms. The van der Waals surface area contributed by atoms with Crippen molar-refractivity contribution < 1.29 is 4.79 Å². The van der Waals surface area contributed by atoms with Crippen LogP contribution in [-0.2, 0) is 4.79 Å². The number of rotatable bonds is 4. The van der Waals surface area contributed by atoms with Crippen molar-refractivity contribution in [1.29, 1.82) is 0 Å². The third-order valence-electron chi connectivity index (χ3n) is 1.51. The van der Waals surface area contributed by atoms with E-state index in [4.69, 9.17) is 0 Å². The van der Waals surface area contributed by atoms with Crippen molar-refractivity contribution in [1.82, 2.24) is 0 Å². The normalized spacial score (nSPS) is 13.7. The molecule has 0 aliphatic carbocycles. The SMILES string of the molecule is CC(=O)C[SiH](C)CC(C)C. The fraction of sp³-hybridized carbons (Fsp3) is 0.875. The van der Waals surface area contributed by atoms with Crippen molar-refractivity contribution in [2.75, 3.05) is 0 Å². The van der Waals surface area contributed by atoms with Gasteiger partial charge in [-0.3, -0.25) is 0 Å². The average Bonchev–Trinajstić information content (AvgIpc) is 1.58. The van der Waals surface area contributed by atoms with Gasteiger partial charge in [-0.1, -0.05) is 26.4 Å². The number of carbonyl (C=O) groups is 1. The van der Waals surface area contributed by atoms with Crippen LogP contribution in [0.2, 0.25) is 18.6 Å². The lowest BCUT2D eigenvalue weighted by Crippen LogP contribution is -2.13. The summed E-state index contributed by atoms with van der Waals surface area (Å²) in [6, 6.07) is 2.19. The Kier molecular flexibility index (Phi) is 4.61. The Bertz CT molecular complexity index is 110. The topological polar surface area (TPSA) is 17.1 Å². The minimum atomic E-state index is -0.667. The van der Waals surface area contributed by atoms with Crippen molar-refractivity contribution in [2.45, 2.75) is 39.4 Å². The first-order valence-electron chi connectivity index (χ1n) is 4.01. The molecule has 0 rings (SSSR count). The van der Waals surface area contributed by atoms with E-state index in [1.807, 2.05) is 0 Å². The first-order valence-corrected chi connectivity index (χ1v) is 6.80. The number of ketones is 1. The first kappa shape index (κ1) is 9.89. The van der Waals surface area contributed by atoms with Gasteiger partial charge < -0.3 is 4.79 Å². The summed E-state index contributed by atoms with van der Waals surface area (Å²) in [4.78, 5) is 10.7. The second-order valence-corrected chi connectivity index (χ2v) is 6.73. The van der Waals surface area contributed by atoms with Crippen LogP contribution in [0.4, 0.5) is 0 Å². The highest BCUT2D eigenvalue weighted by Crippen LogP contribution is 2.08. The third-order valence-corrected chi connectivity index (χ3v) is 4.53. The summed E-state index contributed by atoms with van der Waals surface area (Å²) in [6.45, 7) is 8.43. The Labute approximate surface area is 65.4 Å². The molecule has 0 aromatic carbocycles. The molecule has 1 atom stereocenters. The average molecular weight is 158 g/mol. The number of carbonyl (C=O) groups excluding carboxylic acids is 1. The van der Waals surface area contributed by atoms with Crippen LogP contribution in [0, 0.1) is 5.92 Å². The molecule has 0 radical (unpaired) electrons. The molecule has 0 saturated carbocycles. The molecule has 10 heavy (non-hydrogen) atoms. The molecule has 0 aliphatic heterocycles. The van der Waals surface area contributed by atoms with E-state index in [0.29, 0.717) is 5.78 Å². The Morgan fingerprint density at radius 1 is 1.50 bits per heavy atom. The maximum atomic E-state index is 10.7. The van der Waals surface area contributed by atoms with E-state index in [-0.39, 0.29) is 0 Å². The summed E-state index contributed by atoms with van der Waals surface area (Å²) in [5, 5.41) is 0. The summed E-state index contributed by atoms with van der Waals surface area (Å²) in [7, 11) is -0.667. The Balaban J connectivity index is 3.43. The van der Waals surface area contributed by atoms with Gasteiger partial charge in [0, 0.05) is 8.80 Å². The molecule has 0 heterocycles. The Hall–Kier alpha value is -0.113. The largest absolute Gasteiger partial charge is 0.300 e. The van der Waals surface area contributed by atoms with Gasteiger partial charge in [-0.25, -0.2) is 0 Å². The highest BCUT2D eigenvalue weighted by Gasteiger charge is 2.08. The van der Waals surface area contributed by atoms with E-state index < -0.39 is 8.80 Å². The molecule has 0 saturated heterocycles. The van der Waals surface area contributed by atoms with Gasteiger partial charge in [-0.05, 0) is 18.9 Å². The highest BCUT2D eigenvalue weighted by atomic mass is 28.3. The molecule has 0 aliphatic rings. The zero-order valence-corrected chi connectivity index (χ0v) is 8.63. The summed E-state index contributed by atoms with van der Waals surface area (Å²) >= 11 is 0. The van der Waals surface area contributed by atoms with E-state index in [1.165, 1.54) is 6.04 Å². The van der Waals surface area contributed by atoms with Gasteiger partial charge >= 0.3 is 0 Å². The van der Waals surface area contributed by atoms with Crippen LogP contribution in [-0.4, -0.2) is 14.6 Å². The standard InChI is InChI=1S/C8H18OSi/c1-7(2)5-10(4)6-8(3)9/h7,10H,5-6H2,1-4H3. The van der Waals surface area contributed by atoms with Crippen molar-refractivity contribution >= 4 is 14.6 Å². The smallest absolute Gasteiger partial charge is 0.126 e. The lowest BCUT2D eigenvalue weighted by atomic mass is 10.3. The maximum absolute atomic E-state index is 10.7. The summed E-state index contributed by atoms with van der Waals surface area (Å²) in [5.41, 5.74) is 0. The van der Waals surface area contributed by atoms with Crippen LogP contribution in [0.25, 0.3) is 0 Å². The minimum Gasteiger partial charge on any atom is -0.300 e. The van der Waals surface area contributed by atoms with Gasteiger partial charge in [0.05, 0.1) is 0 Å². The summed E-state index contributed by atoms with van der Waals surface area (Å²) < 4.78 is 0. The lowest BCUT2D eigenvalue weighted by Gasteiger charge is -2.09. The number of hydrogen-bond acceptors (Lipinski definition) is 1. The van der Waals surface area contributed by atoms with Gasteiger partial charge in [0.15, 0.2) is 0 Å². The van der Waals surface area contributed by atoms with Crippen molar-refractivity contribution in [3.8, 4) is 0 Å². The molecule has 0 bridgehead atoms. The fourth-order valence-corrected chi connectivity index (χ4v) is 4.14. The maximum Gasteiger partial charge on any atom is 0.126 e.